The van der Waals surface area contributed by atoms with Gasteiger partial charge < -0.3 is 20.9 Å². The molecule has 1 aromatic rings. The van der Waals surface area contributed by atoms with Crippen LogP contribution in [0.15, 0.2) is 23.1 Å². The average molecular weight is 376 g/mol. The first-order valence-corrected chi connectivity index (χ1v) is 10.1. The summed E-state index contributed by atoms with van der Waals surface area (Å²) in [6.45, 7) is 1.66. The lowest BCUT2D eigenvalue weighted by molar-refractivity contribution is -0.123. The van der Waals surface area contributed by atoms with E-state index < -0.39 is 0 Å². The van der Waals surface area contributed by atoms with Crippen LogP contribution in [0.25, 0.3) is 0 Å². The number of urea groups is 1. The van der Waals surface area contributed by atoms with Crippen LogP contribution < -0.4 is 16.0 Å². The van der Waals surface area contributed by atoms with Gasteiger partial charge in [0.1, 0.15) is 0 Å². The van der Waals surface area contributed by atoms with Crippen molar-refractivity contribution >= 4 is 41.0 Å². The number of piperidine rings is 1. The van der Waals surface area contributed by atoms with Crippen molar-refractivity contribution in [3.05, 3.63) is 18.2 Å². The van der Waals surface area contributed by atoms with Crippen molar-refractivity contribution < 1.29 is 14.4 Å². The fourth-order valence-corrected chi connectivity index (χ4v) is 4.00. The summed E-state index contributed by atoms with van der Waals surface area (Å²) in [6, 6.07) is 5.44. The molecule has 1 atom stereocenters. The zero-order valence-electron chi connectivity index (χ0n) is 14.9. The molecule has 2 aliphatic heterocycles. The highest BCUT2D eigenvalue weighted by Crippen LogP contribution is 2.32. The van der Waals surface area contributed by atoms with Crippen LogP contribution in [0.4, 0.5) is 16.2 Å². The summed E-state index contributed by atoms with van der Waals surface area (Å²) in [5.41, 5.74) is 6.87. The van der Waals surface area contributed by atoms with Gasteiger partial charge in [0.2, 0.25) is 11.8 Å². The van der Waals surface area contributed by atoms with E-state index in [1.54, 1.807) is 9.80 Å². The van der Waals surface area contributed by atoms with E-state index in [0.717, 1.165) is 29.8 Å². The van der Waals surface area contributed by atoms with Crippen LogP contribution >= 0.6 is 11.8 Å². The van der Waals surface area contributed by atoms with Gasteiger partial charge in [-0.3, -0.25) is 9.59 Å². The number of nitrogens with one attached hydrogen (secondary N) is 1. The second kappa shape index (κ2) is 7.99. The van der Waals surface area contributed by atoms with Gasteiger partial charge in [-0.25, -0.2) is 4.79 Å². The third kappa shape index (κ3) is 3.95. The first-order valence-electron chi connectivity index (χ1n) is 8.83. The molecular formula is C18H24N4O3S. The number of carbonyl (C=O) groups excluding carboxylic acids is 3. The molecule has 0 bridgehead atoms. The predicted octanol–water partition coefficient (Wildman–Crippen LogP) is 2.26. The maximum absolute atomic E-state index is 12.7. The molecule has 2 saturated heterocycles. The van der Waals surface area contributed by atoms with Gasteiger partial charge in [-0.1, -0.05) is 0 Å². The van der Waals surface area contributed by atoms with Crippen molar-refractivity contribution in [2.75, 3.05) is 36.1 Å². The predicted molar refractivity (Wildman–Crippen MR) is 102 cm³/mol. The first kappa shape index (κ1) is 18.6. The lowest BCUT2D eigenvalue weighted by Gasteiger charge is -2.31. The normalized spacial score (nSPS) is 20.3. The van der Waals surface area contributed by atoms with Gasteiger partial charge in [-0.05, 0) is 43.7 Å². The number of primary amides is 1. The first-order chi connectivity index (χ1) is 12.5. The molecule has 1 aromatic carbocycles. The van der Waals surface area contributed by atoms with Crippen molar-refractivity contribution in [1.29, 1.82) is 0 Å². The lowest BCUT2D eigenvalue weighted by atomic mass is 9.98. The second-order valence-electron chi connectivity index (χ2n) is 6.65. The summed E-state index contributed by atoms with van der Waals surface area (Å²) in [5.74, 6) is -0.538. The highest BCUT2D eigenvalue weighted by atomic mass is 32.2. The molecule has 0 aromatic heterocycles. The third-order valence-corrected chi connectivity index (χ3v) is 5.72. The largest absolute Gasteiger partial charge is 0.369 e. The monoisotopic (exact) mass is 376 g/mol. The van der Waals surface area contributed by atoms with E-state index in [9.17, 15) is 14.4 Å². The van der Waals surface area contributed by atoms with E-state index in [1.807, 2.05) is 24.5 Å². The molecule has 4 amide bonds. The fourth-order valence-electron chi connectivity index (χ4n) is 3.47. The van der Waals surface area contributed by atoms with Gasteiger partial charge in [-0.15, -0.1) is 11.8 Å². The molecule has 3 rings (SSSR count). The number of hydrogen-bond acceptors (Lipinski definition) is 4. The summed E-state index contributed by atoms with van der Waals surface area (Å²) in [4.78, 5) is 40.4. The Morgan fingerprint density at radius 3 is 2.73 bits per heavy atom. The van der Waals surface area contributed by atoms with Gasteiger partial charge in [0.25, 0.3) is 0 Å². The van der Waals surface area contributed by atoms with E-state index in [-0.39, 0.29) is 23.8 Å². The highest BCUT2D eigenvalue weighted by molar-refractivity contribution is 7.98. The van der Waals surface area contributed by atoms with E-state index in [4.69, 9.17) is 5.73 Å². The highest BCUT2D eigenvalue weighted by Gasteiger charge is 2.28. The molecule has 26 heavy (non-hydrogen) atoms. The van der Waals surface area contributed by atoms with Gasteiger partial charge in [0.05, 0.1) is 11.6 Å². The van der Waals surface area contributed by atoms with E-state index in [0.29, 0.717) is 31.7 Å². The lowest BCUT2D eigenvalue weighted by Crippen LogP contribution is -2.45. The smallest absolute Gasteiger partial charge is 0.321 e. The average Bonchev–Trinajstić information content (AvgIpc) is 3.07. The zero-order valence-corrected chi connectivity index (χ0v) is 15.7. The van der Waals surface area contributed by atoms with Crippen LogP contribution in [-0.4, -0.2) is 48.6 Å². The number of nitrogens with two attached hydrogens (primary N) is 1. The van der Waals surface area contributed by atoms with Crippen molar-refractivity contribution in [2.24, 2.45) is 11.7 Å². The minimum Gasteiger partial charge on any atom is -0.369 e. The van der Waals surface area contributed by atoms with Crippen LogP contribution in [0.1, 0.15) is 25.7 Å². The van der Waals surface area contributed by atoms with Crippen molar-refractivity contribution in [2.45, 2.75) is 30.6 Å². The Morgan fingerprint density at radius 1 is 1.27 bits per heavy atom. The molecular weight excluding hydrogens is 352 g/mol. The molecule has 140 valence electrons. The van der Waals surface area contributed by atoms with Crippen LogP contribution in [0.2, 0.25) is 0 Å². The van der Waals surface area contributed by atoms with Gasteiger partial charge in [0, 0.05) is 36.6 Å². The molecule has 7 nitrogen and oxygen atoms in total. The molecule has 2 aliphatic rings. The molecule has 2 heterocycles. The summed E-state index contributed by atoms with van der Waals surface area (Å²) < 4.78 is 0. The Morgan fingerprint density at radius 2 is 2.08 bits per heavy atom. The van der Waals surface area contributed by atoms with E-state index in [2.05, 4.69) is 5.32 Å². The number of rotatable bonds is 4. The van der Waals surface area contributed by atoms with Gasteiger partial charge >= 0.3 is 6.03 Å². The number of hydrogen-bond donors (Lipinski definition) is 2. The van der Waals surface area contributed by atoms with Gasteiger partial charge in [-0.2, -0.15) is 0 Å². The summed E-state index contributed by atoms with van der Waals surface area (Å²) in [5, 5.41) is 2.95. The SMILES string of the molecule is CSc1ccc(N2CCCC2=O)cc1NC(=O)N1CCC[C@H](C(N)=O)C1. The molecule has 0 saturated carbocycles. The summed E-state index contributed by atoms with van der Waals surface area (Å²) >= 11 is 1.53. The minimum atomic E-state index is -0.359. The molecule has 8 heteroatoms. The fraction of sp³-hybridized carbons (Fsp3) is 0.500. The maximum atomic E-state index is 12.7. The molecule has 0 unspecified atom stereocenters. The summed E-state index contributed by atoms with van der Waals surface area (Å²) in [7, 11) is 0. The number of carbonyl (C=O) groups is 3. The molecule has 0 spiro atoms. The van der Waals surface area contributed by atoms with E-state index >= 15 is 0 Å². The Bertz CT molecular complexity index is 724. The topological polar surface area (TPSA) is 95.7 Å². The zero-order chi connectivity index (χ0) is 18.7. The van der Waals surface area contributed by atoms with Crippen LogP contribution in [-0.2, 0) is 9.59 Å². The Labute approximate surface area is 157 Å². The number of nitrogens with zero attached hydrogens (tertiary/aromatic N) is 2. The summed E-state index contributed by atoms with van der Waals surface area (Å²) in [6.07, 6.45) is 4.84. The molecule has 2 fully saturated rings. The third-order valence-electron chi connectivity index (χ3n) is 4.92. The quantitative estimate of drug-likeness (QED) is 0.788. The standard InChI is InChI=1S/C18H24N4O3S/c1-26-15-7-6-13(22-9-3-5-16(22)23)10-14(15)20-18(25)21-8-2-4-12(11-21)17(19)24/h6-7,10,12H,2-5,8-9,11H2,1H3,(H2,19,24)(H,20,25)/t12-/m0/s1. The van der Waals surface area contributed by atoms with Crippen molar-refractivity contribution in [3.63, 3.8) is 0 Å². The Hall–Kier alpha value is -2.22. The van der Waals surface area contributed by atoms with Crippen LogP contribution in [0, 0.1) is 5.92 Å². The van der Waals surface area contributed by atoms with Crippen molar-refractivity contribution in [3.8, 4) is 0 Å². The number of anilines is 2. The number of thioether (sulfide) groups is 1. The molecule has 0 radical (unpaired) electrons. The van der Waals surface area contributed by atoms with Gasteiger partial charge in [0.15, 0.2) is 0 Å². The Kier molecular flexibility index (Phi) is 5.70. The minimum absolute atomic E-state index is 0.111. The Balaban J connectivity index is 1.76. The van der Waals surface area contributed by atoms with Crippen LogP contribution in [0.3, 0.4) is 0 Å². The van der Waals surface area contributed by atoms with Crippen LogP contribution in [0.5, 0.6) is 0 Å². The number of likely N-dealkylation sites (tertiary alicyclic amines) is 1. The second-order valence-corrected chi connectivity index (χ2v) is 7.50. The number of benzene rings is 1. The number of amides is 4. The maximum Gasteiger partial charge on any atom is 0.321 e. The molecule has 0 aliphatic carbocycles. The van der Waals surface area contributed by atoms with E-state index in [1.165, 1.54) is 11.8 Å². The van der Waals surface area contributed by atoms with Crippen molar-refractivity contribution in [1.82, 2.24) is 4.90 Å². The molecule has 3 N–H and O–H groups in total.